The van der Waals surface area contributed by atoms with Crippen LogP contribution in [0.1, 0.15) is 19.3 Å². The number of halogens is 1. The van der Waals surface area contributed by atoms with E-state index in [1.807, 2.05) is 0 Å². The Hall–Kier alpha value is -1.45. The number of hydrogen-bond acceptors (Lipinski definition) is 3. The van der Waals surface area contributed by atoms with E-state index in [0.717, 1.165) is 17.9 Å². The van der Waals surface area contributed by atoms with Crippen molar-refractivity contribution in [3.63, 3.8) is 0 Å². The number of fused-ring (bicyclic) bond motifs is 2. The van der Waals surface area contributed by atoms with Crippen molar-refractivity contribution in [3.05, 3.63) is 17.9 Å². The lowest BCUT2D eigenvalue weighted by atomic mass is 10.0. The van der Waals surface area contributed by atoms with Gasteiger partial charge in [-0.3, -0.25) is 0 Å². The van der Waals surface area contributed by atoms with Crippen molar-refractivity contribution in [2.24, 2.45) is 5.92 Å². The minimum Gasteiger partial charge on any atom is -0.494 e. The summed E-state index contributed by atoms with van der Waals surface area (Å²) in [5, 5.41) is 6.84. The molecule has 17 heavy (non-hydrogen) atoms. The minimum atomic E-state index is -0.312. The van der Waals surface area contributed by atoms with Gasteiger partial charge < -0.3 is 15.4 Å². The van der Waals surface area contributed by atoms with Gasteiger partial charge in [0.1, 0.15) is 0 Å². The molecule has 0 radical (unpaired) electrons. The SMILES string of the molecule is COc1cc2c(cc1F)NCC1CCCC1N2. The third-order valence-corrected chi connectivity index (χ3v) is 3.85. The topological polar surface area (TPSA) is 33.3 Å². The fourth-order valence-electron chi connectivity index (χ4n) is 2.89. The van der Waals surface area contributed by atoms with Crippen LogP contribution in [0.5, 0.6) is 5.75 Å². The molecule has 3 nitrogen and oxygen atoms in total. The van der Waals surface area contributed by atoms with E-state index in [0.29, 0.717) is 17.7 Å². The number of anilines is 2. The summed E-state index contributed by atoms with van der Waals surface area (Å²) in [4.78, 5) is 0. The molecule has 3 rings (SSSR count). The summed E-state index contributed by atoms with van der Waals surface area (Å²) >= 11 is 0. The zero-order chi connectivity index (χ0) is 11.8. The molecule has 1 aromatic carbocycles. The fraction of sp³-hybridized carbons (Fsp3) is 0.538. The van der Waals surface area contributed by atoms with Gasteiger partial charge in [0.2, 0.25) is 0 Å². The van der Waals surface area contributed by atoms with Crippen molar-refractivity contribution >= 4 is 11.4 Å². The maximum Gasteiger partial charge on any atom is 0.167 e. The molecule has 92 valence electrons. The van der Waals surface area contributed by atoms with Crippen LogP contribution in [0, 0.1) is 11.7 Å². The molecule has 2 unspecified atom stereocenters. The van der Waals surface area contributed by atoms with Gasteiger partial charge in [-0.15, -0.1) is 0 Å². The van der Waals surface area contributed by atoms with Crippen molar-refractivity contribution in [3.8, 4) is 5.75 Å². The molecular formula is C13H17FN2O. The van der Waals surface area contributed by atoms with E-state index in [1.54, 1.807) is 6.07 Å². The van der Waals surface area contributed by atoms with Gasteiger partial charge in [0.15, 0.2) is 11.6 Å². The summed E-state index contributed by atoms with van der Waals surface area (Å²) in [6, 6.07) is 3.78. The van der Waals surface area contributed by atoms with Gasteiger partial charge in [-0.25, -0.2) is 4.39 Å². The second-order valence-corrected chi connectivity index (χ2v) is 4.86. The minimum absolute atomic E-state index is 0.300. The maximum absolute atomic E-state index is 13.6. The Morgan fingerprint density at radius 3 is 3.00 bits per heavy atom. The van der Waals surface area contributed by atoms with Gasteiger partial charge in [0.25, 0.3) is 0 Å². The van der Waals surface area contributed by atoms with Crippen LogP contribution in [0.25, 0.3) is 0 Å². The monoisotopic (exact) mass is 236 g/mol. The van der Waals surface area contributed by atoms with Gasteiger partial charge in [0, 0.05) is 24.7 Å². The first-order valence-electron chi connectivity index (χ1n) is 6.16. The first-order chi connectivity index (χ1) is 8.28. The molecule has 1 aromatic rings. The Morgan fingerprint density at radius 1 is 1.29 bits per heavy atom. The third kappa shape index (κ3) is 1.81. The molecule has 2 aliphatic rings. The normalized spacial score (nSPS) is 26.2. The van der Waals surface area contributed by atoms with Crippen LogP contribution in [0.4, 0.5) is 15.8 Å². The van der Waals surface area contributed by atoms with Crippen molar-refractivity contribution in [1.29, 1.82) is 0 Å². The zero-order valence-electron chi connectivity index (χ0n) is 9.92. The summed E-state index contributed by atoms with van der Waals surface area (Å²) in [7, 11) is 1.49. The van der Waals surface area contributed by atoms with Crippen LogP contribution in [-0.4, -0.2) is 19.7 Å². The standard InChI is InChI=1S/C13H17FN2O/c1-17-13-6-12-11(5-9(13)14)15-7-8-3-2-4-10(8)16-12/h5-6,8,10,15-16H,2-4,7H2,1H3. The number of hydrogen-bond donors (Lipinski definition) is 2. The summed E-state index contributed by atoms with van der Waals surface area (Å²) in [5.74, 6) is 0.638. The Kier molecular flexibility index (Phi) is 2.57. The van der Waals surface area contributed by atoms with Crippen molar-refractivity contribution in [2.75, 3.05) is 24.3 Å². The van der Waals surface area contributed by atoms with Crippen LogP contribution in [-0.2, 0) is 0 Å². The lowest BCUT2D eigenvalue weighted by Gasteiger charge is -2.18. The number of nitrogens with one attached hydrogen (secondary N) is 2. The lowest BCUT2D eigenvalue weighted by molar-refractivity contribution is 0.387. The number of ether oxygens (including phenoxy) is 1. The van der Waals surface area contributed by atoms with Gasteiger partial charge in [0.05, 0.1) is 18.5 Å². The molecule has 1 saturated carbocycles. The highest BCUT2D eigenvalue weighted by Gasteiger charge is 2.30. The van der Waals surface area contributed by atoms with Crippen LogP contribution >= 0.6 is 0 Å². The van der Waals surface area contributed by atoms with E-state index in [9.17, 15) is 4.39 Å². The first kappa shape index (κ1) is 10.7. The quantitative estimate of drug-likeness (QED) is 0.786. The molecule has 4 heteroatoms. The van der Waals surface area contributed by atoms with Crippen molar-refractivity contribution in [1.82, 2.24) is 0 Å². The second kappa shape index (κ2) is 4.09. The van der Waals surface area contributed by atoms with Crippen molar-refractivity contribution < 1.29 is 9.13 Å². The van der Waals surface area contributed by atoms with E-state index in [1.165, 1.54) is 32.4 Å². The Morgan fingerprint density at radius 2 is 2.18 bits per heavy atom. The number of rotatable bonds is 1. The predicted octanol–water partition coefficient (Wildman–Crippen LogP) is 2.84. The second-order valence-electron chi connectivity index (χ2n) is 4.86. The molecule has 1 aliphatic heterocycles. The van der Waals surface area contributed by atoms with Crippen molar-refractivity contribution in [2.45, 2.75) is 25.3 Å². The number of methoxy groups -OCH3 is 1. The van der Waals surface area contributed by atoms with Crippen LogP contribution in [0.2, 0.25) is 0 Å². The third-order valence-electron chi connectivity index (χ3n) is 3.85. The number of benzene rings is 1. The average Bonchev–Trinajstić information content (AvgIpc) is 2.70. The smallest absolute Gasteiger partial charge is 0.167 e. The van der Waals surface area contributed by atoms with Gasteiger partial charge >= 0.3 is 0 Å². The van der Waals surface area contributed by atoms with Gasteiger partial charge in [-0.1, -0.05) is 6.42 Å². The summed E-state index contributed by atoms with van der Waals surface area (Å²) in [6.07, 6.45) is 3.72. The molecule has 1 fully saturated rings. The first-order valence-corrected chi connectivity index (χ1v) is 6.16. The average molecular weight is 236 g/mol. The highest BCUT2D eigenvalue weighted by atomic mass is 19.1. The molecule has 0 bridgehead atoms. The molecule has 0 saturated heterocycles. The zero-order valence-corrected chi connectivity index (χ0v) is 9.92. The van der Waals surface area contributed by atoms with Crippen LogP contribution in [0.15, 0.2) is 12.1 Å². The Bertz CT molecular complexity index is 436. The predicted molar refractivity (Wildman–Crippen MR) is 66.2 cm³/mol. The molecular weight excluding hydrogens is 219 g/mol. The maximum atomic E-state index is 13.6. The Balaban J connectivity index is 1.96. The van der Waals surface area contributed by atoms with Crippen LogP contribution in [0.3, 0.4) is 0 Å². The lowest BCUT2D eigenvalue weighted by Crippen LogP contribution is -2.25. The molecule has 0 aromatic heterocycles. The van der Waals surface area contributed by atoms with E-state index in [4.69, 9.17) is 4.74 Å². The molecule has 0 spiro atoms. The van der Waals surface area contributed by atoms with E-state index in [-0.39, 0.29) is 5.82 Å². The van der Waals surface area contributed by atoms with E-state index in [2.05, 4.69) is 10.6 Å². The van der Waals surface area contributed by atoms with E-state index >= 15 is 0 Å². The van der Waals surface area contributed by atoms with Gasteiger partial charge in [-0.2, -0.15) is 0 Å². The molecule has 1 aliphatic carbocycles. The fourth-order valence-corrected chi connectivity index (χ4v) is 2.89. The van der Waals surface area contributed by atoms with Crippen LogP contribution < -0.4 is 15.4 Å². The summed E-state index contributed by atoms with van der Waals surface area (Å²) in [5.41, 5.74) is 1.80. The molecule has 0 amide bonds. The highest BCUT2D eigenvalue weighted by molar-refractivity contribution is 5.72. The highest BCUT2D eigenvalue weighted by Crippen LogP contribution is 2.37. The molecule has 2 atom stereocenters. The molecule has 2 N–H and O–H groups in total. The van der Waals surface area contributed by atoms with Gasteiger partial charge in [-0.05, 0) is 18.8 Å². The Labute approximate surface area is 100 Å². The summed E-state index contributed by atoms with van der Waals surface area (Å²) in [6.45, 7) is 0.927. The largest absolute Gasteiger partial charge is 0.494 e. The molecule has 1 heterocycles. The van der Waals surface area contributed by atoms with E-state index < -0.39 is 0 Å². The summed E-state index contributed by atoms with van der Waals surface area (Å²) < 4.78 is 18.6.